The van der Waals surface area contributed by atoms with Gasteiger partial charge in [0.2, 0.25) is 0 Å². The molecule has 1 fully saturated rings. The summed E-state index contributed by atoms with van der Waals surface area (Å²) in [6.07, 6.45) is 5.70. The van der Waals surface area contributed by atoms with Gasteiger partial charge in [-0.1, -0.05) is 18.6 Å². The molecule has 1 aromatic carbocycles. The molecular weight excluding hydrogens is 340 g/mol. The Balaban J connectivity index is 1.47. The molecule has 6 heteroatoms. The van der Waals surface area contributed by atoms with Gasteiger partial charge in [0.25, 0.3) is 5.56 Å². The minimum Gasteiger partial charge on any atom is -0.508 e. The standard InChI is InChI=1S/C21H26N4O2/c1-15-12-20-22-17(13-21(27)25(20)23-15)14-24-11-3-2-4-18(24)8-5-16-6-9-19(26)10-7-16/h6-7,9-10,12-13,18,23,26H,2-5,8,11,14H2,1H3/t18-/m0/s1. The Labute approximate surface area is 158 Å². The molecule has 0 spiro atoms. The molecule has 1 aliphatic heterocycles. The zero-order valence-corrected chi connectivity index (χ0v) is 15.7. The molecule has 27 heavy (non-hydrogen) atoms. The van der Waals surface area contributed by atoms with E-state index >= 15 is 0 Å². The molecule has 2 N–H and O–H groups in total. The van der Waals surface area contributed by atoms with Gasteiger partial charge >= 0.3 is 0 Å². The third-order valence-corrected chi connectivity index (χ3v) is 5.45. The third-order valence-electron chi connectivity index (χ3n) is 5.45. The second-order valence-electron chi connectivity index (χ2n) is 7.54. The lowest BCUT2D eigenvalue weighted by molar-refractivity contribution is 0.131. The van der Waals surface area contributed by atoms with Gasteiger partial charge in [-0.05, 0) is 56.8 Å². The highest BCUT2D eigenvalue weighted by atomic mass is 16.3. The molecule has 1 aliphatic rings. The van der Waals surface area contributed by atoms with Gasteiger partial charge in [-0.3, -0.25) is 14.8 Å². The van der Waals surface area contributed by atoms with Crippen molar-refractivity contribution in [3.63, 3.8) is 0 Å². The van der Waals surface area contributed by atoms with Crippen LogP contribution in [0.3, 0.4) is 0 Å². The first-order chi connectivity index (χ1) is 13.1. The van der Waals surface area contributed by atoms with E-state index in [1.165, 1.54) is 29.3 Å². The second kappa shape index (κ2) is 7.56. The molecule has 0 aliphatic carbocycles. The van der Waals surface area contributed by atoms with Crippen molar-refractivity contribution < 1.29 is 5.11 Å². The monoisotopic (exact) mass is 366 g/mol. The zero-order chi connectivity index (χ0) is 18.8. The van der Waals surface area contributed by atoms with Crippen LogP contribution < -0.4 is 5.56 Å². The maximum Gasteiger partial charge on any atom is 0.272 e. The smallest absolute Gasteiger partial charge is 0.272 e. The van der Waals surface area contributed by atoms with Crippen LogP contribution in [0.2, 0.25) is 0 Å². The number of likely N-dealkylation sites (tertiary alicyclic amines) is 1. The average Bonchev–Trinajstić information content (AvgIpc) is 3.03. The summed E-state index contributed by atoms with van der Waals surface area (Å²) in [6.45, 7) is 3.70. The molecule has 3 aromatic rings. The highest BCUT2D eigenvalue weighted by Crippen LogP contribution is 2.23. The van der Waals surface area contributed by atoms with Gasteiger partial charge in [0, 0.05) is 30.4 Å². The maximum absolute atomic E-state index is 12.3. The molecule has 0 bridgehead atoms. The number of aryl methyl sites for hydroxylation is 2. The lowest BCUT2D eigenvalue weighted by Gasteiger charge is -2.35. The summed E-state index contributed by atoms with van der Waals surface area (Å²) in [4.78, 5) is 19.5. The fraction of sp³-hybridized carbons (Fsp3) is 0.429. The predicted molar refractivity (Wildman–Crippen MR) is 105 cm³/mol. The summed E-state index contributed by atoms with van der Waals surface area (Å²) < 4.78 is 1.50. The molecule has 3 heterocycles. The molecule has 0 radical (unpaired) electrons. The first-order valence-corrected chi connectivity index (χ1v) is 9.69. The highest BCUT2D eigenvalue weighted by Gasteiger charge is 2.23. The largest absolute Gasteiger partial charge is 0.508 e. The first kappa shape index (κ1) is 17.8. The van der Waals surface area contributed by atoms with Crippen molar-refractivity contribution in [3.05, 3.63) is 63.7 Å². The van der Waals surface area contributed by atoms with Gasteiger partial charge in [0.05, 0.1) is 5.69 Å². The molecule has 0 amide bonds. The number of aromatic hydroxyl groups is 1. The number of aromatic amines is 1. The fourth-order valence-electron chi connectivity index (χ4n) is 4.04. The Morgan fingerprint density at radius 2 is 2.04 bits per heavy atom. The molecule has 2 aromatic heterocycles. The van der Waals surface area contributed by atoms with Gasteiger partial charge in [-0.2, -0.15) is 0 Å². The van der Waals surface area contributed by atoms with E-state index in [2.05, 4.69) is 15.0 Å². The second-order valence-corrected chi connectivity index (χ2v) is 7.54. The van der Waals surface area contributed by atoms with Crippen molar-refractivity contribution in [2.75, 3.05) is 6.54 Å². The number of rotatable bonds is 5. The number of piperidine rings is 1. The number of nitrogens with zero attached hydrogens (tertiary/aromatic N) is 3. The van der Waals surface area contributed by atoms with E-state index in [9.17, 15) is 9.90 Å². The Bertz CT molecular complexity index is 974. The van der Waals surface area contributed by atoms with E-state index in [1.54, 1.807) is 18.2 Å². The Hall–Kier alpha value is -2.60. The van der Waals surface area contributed by atoms with Crippen LogP contribution in [-0.4, -0.2) is 37.2 Å². The highest BCUT2D eigenvalue weighted by molar-refractivity contribution is 5.39. The lowest BCUT2D eigenvalue weighted by Crippen LogP contribution is -2.39. The summed E-state index contributed by atoms with van der Waals surface area (Å²) in [5.41, 5.74) is 3.66. The summed E-state index contributed by atoms with van der Waals surface area (Å²) in [5, 5.41) is 12.5. The van der Waals surface area contributed by atoms with E-state index in [1.807, 2.05) is 25.1 Å². The molecule has 1 saturated heterocycles. The predicted octanol–water partition coefficient (Wildman–Crippen LogP) is 3.02. The quantitative estimate of drug-likeness (QED) is 0.728. The summed E-state index contributed by atoms with van der Waals surface area (Å²) in [6, 6.07) is 11.5. The summed E-state index contributed by atoms with van der Waals surface area (Å²) >= 11 is 0. The van der Waals surface area contributed by atoms with Gasteiger partial charge in [-0.15, -0.1) is 0 Å². The molecule has 4 rings (SSSR count). The van der Waals surface area contributed by atoms with E-state index < -0.39 is 0 Å². The third kappa shape index (κ3) is 4.06. The summed E-state index contributed by atoms with van der Waals surface area (Å²) in [7, 11) is 0. The van der Waals surface area contributed by atoms with E-state index in [0.29, 0.717) is 17.4 Å². The Kier molecular flexibility index (Phi) is 4.99. The van der Waals surface area contributed by atoms with Crippen LogP contribution in [-0.2, 0) is 13.0 Å². The molecule has 0 saturated carbocycles. The van der Waals surface area contributed by atoms with Gasteiger partial charge in [0.15, 0.2) is 5.65 Å². The molecule has 0 unspecified atom stereocenters. The van der Waals surface area contributed by atoms with Gasteiger partial charge in [-0.25, -0.2) is 9.50 Å². The zero-order valence-electron chi connectivity index (χ0n) is 15.7. The topological polar surface area (TPSA) is 73.6 Å². The van der Waals surface area contributed by atoms with Gasteiger partial charge < -0.3 is 5.11 Å². The first-order valence-electron chi connectivity index (χ1n) is 9.69. The number of benzene rings is 1. The Morgan fingerprint density at radius 1 is 1.22 bits per heavy atom. The SMILES string of the molecule is Cc1cc2nc(CN3CCCC[C@H]3CCc3ccc(O)cc3)cc(=O)n2[nH]1. The minimum atomic E-state index is -0.0549. The number of phenolic OH excluding ortho intramolecular Hbond substituents is 1. The maximum atomic E-state index is 12.3. The number of nitrogens with one attached hydrogen (secondary N) is 1. The molecule has 142 valence electrons. The molecular formula is C21H26N4O2. The number of phenols is 1. The van der Waals surface area contributed by atoms with Crippen LogP contribution in [0.15, 0.2) is 41.2 Å². The van der Waals surface area contributed by atoms with Crippen molar-refractivity contribution in [1.29, 1.82) is 0 Å². The van der Waals surface area contributed by atoms with Crippen molar-refractivity contribution in [3.8, 4) is 5.75 Å². The van der Waals surface area contributed by atoms with Crippen LogP contribution in [0.4, 0.5) is 0 Å². The number of hydrogen-bond donors (Lipinski definition) is 2. The van der Waals surface area contributed by atoms with Crippen molar-refractivity contribution in [1.82, 2.24) is 19.5 Å². The Morgan fingerprint density at radius 3 is 2.85 bits per heavy atom. The number of H-pyrrole nitrogens is 1. The van der Waals surface area contributed by atoms with Crippen LogP contribution in [0.1, 0.15) is 42.6 Å². The van der Waals surface area contributed by atoms with Crippen LogP contribution in [0, 0.1) is 6.92 Å². The minimum absolute atomic E-state index is 0.0549. The van der Waals surface area contributed by atoms with E-state index in [4.69, 9.17) is 0 Å². The summed E-state index contributed by atoms with van der Waals surface area (Å²) in [5.74, 6) is 0.311. The number of hydrogen-bond acceptors (Lipinski definition) is 4. The normalized spacial score (nSPS) is 18.2. The molecule has 1 atom stereocenters. The van der Waals surface area contributed by atoms with E-state index in [-0.39, 0.29) is 5.56 Å². The van der Waals surface area contributed by atoms with Crippen LogP contribution >= 0.6 is 0 Å². The van der Waals surface area contributed by atoms with Crippen LogP contribution in [0.25, 0.3) is 5.65 Å². The molecule has 6 nitrogen and oxygen atoms in total. The van der Waals surface area contributed by atoms with E-state index in [0.717, 1.165) is 37.3 Å². The van der Waals surface area contributed by atoms with Crippen molar-refractivity contribution in [2.45, 2.75) is 51.6 Å². The fourth-order valence-corrected chi connectivity index (χ4v) is 4.04. The van der Waals surface area contributed by atoms with Crippen molar-refractivity contribution >= 4 is 5.65 Å². The van der Waals surface area contributed by atoms with Crippen molar-refractivity contribution in [2.24, 2.45) is 0 Å². The number of fused-ring (bicyclic) bond motifs is 1. The lowest BCUT2D eigenvalue weighted by atomic mass is 9.95. The van der Waals surface area contributed by atoms with Crippen LogP contribution in [0.5, 0.6) is 5.75 Å². The average molecular weight is 366 g/mol. The van der Waals surface area contributed by atoms with Gasteiger partial charge in [0.1, 0.15) is 5.75 Å². The number of aromatic nitrogens is 3.